The van der Waals surface area contributed by atoms with Gasteiger partial charge in [0.25, 0.3) is 0 Å². The van der Waals surface area contributed by atoms with Crippen molar-refractivity contribution in [2.45, 2.75) is 31.8 Å². The van der Waals surface area contributed by atoms with Crippen molar-refractivity contribution < 1.29 is 33.0 Å². The molecule has 0 aliphatic carbocycles. The number of esters is 2. The summed E-state index contributed by atoms with van der Waals surface area (Å²) in [5.41, 5.74) is 0.233. The fourth-order valence-corrected chi connectivity index (χ4v) is 2.34. The molecule has 2 atom stereocenters. The van der Waals surface area contributed by atoms with E-state index in [1.54, 1.807) is 6.07 Å². The molecule has 0 unspecified atom stereocenters. The summed E-state index contributed by atoms with van der Waals surface area (Å²) < 4.78 is 23.0. The van der Waals surface area contributed by atoms with Crippen molar-refractivity contribution in [1.82, 2.24) is 10.6 Å². The van der Waals surface area contributed by atoms with Gasteiger partial charge in [0.15, 0.2) is 0 Å². The third-order valence-electron chi connectivity index (χ3n) is 3.70. The van der Waals surface area contributed by atoms with E-state index in [2.05, 4.69) is 20.1 Å². The molecule has 152 valence electrons. The van der Waals surface area contributed by atoms with Crippen LogP contribution in [0, 0.1) is 5.82 Å². The summed E-state index contributed by atoms with van der Waals surface area (Å²) in [4.78, 5) is 47.1. The molecular weight excluding hydrogens is 371 g/mol. The Morgan fingerprint density at radius 2 is 1.75 bits per heavy atom. The van der Waals surface area contributed by atoms with E-state index in [0.29, 0.717) is 0 Å². The van der Waals surface area contributed by atoms with Crippen LogP contribution >= 0.6 is 0 Å². The summed E-state index contributed by atoms with van der Waals surface area (Å²) in [6.45, 7) is 1.22. The van der Waals surface area contributed by atoms with Gasteiger partial charge in [-0.25, -0.2) is 14.0 Å². The lowest BCUT2D eigenvalue weighted by atomic mass is 10.0. The van der Waals surface area contributed by atoms with Crippen LogP contribution in [0.2, 0.25) is 0 Å². The van der Waals surface area contributed by atoms with Crippen LogP contribution in [0.15, 0.2) is 36.4 Å². The summed E-state index contributed by atoms with van der Waals surface area (Å²) in [6, 6.07) is 3.64. The van der Waals surface area contributed by atoms with Crippen LogP contribution in [0.25, 0.3) is 0 Å². The molecule has 0 aliphatic heterocycles. The number of amides is 2. The maximum absolute atomic E-state index is 13.9. The Morgan fingerprint density at radius 1 is 1.07 bits per heavy atom. The van der Waals surface area contributed by atoms with Crippen LogP contribution < -0.4 is 10.6 Å². The molecule has 0 spiro atoms. The summed E-state index contributed by atoms with van der Waals surface area (Å²) >= 11 is 0. The van der Waals surface area contributed by atoms with Crippen LogP contribution in [0.3, 0.4) is 0 Å². The fraction of sp³-hybridized carbons (Fsp3) is 0.368. The van der Waals surface area contributed by atoms with Gasteiger partial charge < -0.3 is 20.1 Å². The fourth-order valence-electron chi connectivity index (χ4n) is 2.34. The van der Waals surface area contributed by atoms with E-state index in [4.69, 9.17) is 0 Å². The average Bonchev–Trinajstić information content (AvgIpc) is 2.66. The summed E-state index contributed by atoms with van der Waals surface area (Å²) in [5, 5.41) is 4.89. The first-order chi connectivity index (χ1) is 13.3. The number of methoxy groups -OCH3 is 2. The first-order valence-electron chi connectivity index (χ1n) is 8.41. The third-order valence-corrected chi connectivity index (χ3v) is 3.70. The van der Waals surface area contributed by atoms with Gasteiger partial charge in [0.05, 0.1) is 14.2 Å². The maximum Gasteiger partial charge on any atom is 0.330 e. The lowest BCUT2D eigenvalue weighted by Gasteiger charge is -2.21. The number of carbonyl (C=O) groups is 4. The molecule has 1 rings (SSSR count). The van der Waals surface area contributed by atoms with Crippen molar-refractivity contribution >= 4 is 23.8 Å². The van der Waals surface area contributed by atoms with Gasteiger partial charge >= 0.3 is 11.9 Å². The Hall–Kier alpha value is -3.23. The van der Waals surface area contributed by atoms with Gasteiger partial charge in [-0.3, -0.25) is 9.59 Å². The molecule has 0 aliphatic rings. The van der Waals surface area contributed by atoms with Gasteiger partial charge in [-0.15, -0.1) is 0 Å². The molecule has 9 heteroatoms. The van der Waals surface area contributed by atoms with Crippen LogP contribution in [0.1, 0.15) is 18.9 Å². The zero-order chi connectivity index (χ0) is 21.1. The smallest absolute Gasteiger partial charge is 0.330 e. The topological polar surface area (TPSA) is 111 Å². The Bertz CT molecular complexity index is 750. The molecule has 0 aromatic heterocycles. The maximum atomic E-state index is 13.9. The molecule has 2 amide bonds. The highest BCUT2D eigenvalue weighted by atomic mass is 19.1. The van der Waals surface area contributed by atoms with Gasteiger partial charge in [0, 0.05) is 19.4 Å². The second kappa shape index (κ2) is 11.5. The summed E-state index contributed by atoms with van der Waals surface area (Å²) in [7, 11) is 2.35. The van der Waals surface area contributed by atoms with Crippen molar-refractivity contribution in [3.8, 4) is 0 Å². The van der Waals surface area contributed by atoms with E-state index < -0.39 is 41.7 Å². The zero-order valence-corrected chi connectivity index (χ0v) is 15.9. The second-order valence-electron chi connectivity index (χ2n) is 5.79. The van der Waals surface area contributed by atoms with E-state index in [9.17, 15) is 23.6 Å². The molecule has 2 N–H and O–H groups in total. The predicted octanol–water partition coefficient (Wildman–Crippen LogP) is 0.650. The Labute approximate surface area is 162 Å². The standard InChI is InChI=1S/C19H23FN2O6/c1-12(23)21-16(11-13-7-4-5-8-14(13)20)18(25)22-15(19(26)28-3)9-6-10-17(24)27-2/h4-8,10,15-16H,9,11H2,1-3H3,(H,21,23)(H,22,25)/b10-6+/t15-,16+/m0/s1. The molecule has 0 saturated carbocycles. The van der Waals surface area contributed by atoms with Crippen LogP contribution in [0.4, 0.5) is 4.39 Å². The van der Waals surface area contributed by atoms with Gasteiger partial charge in [-0.05, 0) is 18.1 Å². The van der Waals surface area contributed by atoms with Gasteiger partial charge in [0.1, 0.15) is 17.9 Å². The zero-order valence-electron chi connectivity index (χ0n) is 15.9. The molecular formula is C19H23FN2O6. The first kappa shape index (κ1) is 22.8. The quantitative estimate of drug-likeness (QED) is 0.470. The largest absolute Gasteiger partial charge is 0.467 e. The van der Waals surface area contributed by atoms with E-state index >= 15 is 0 Å². The molecule has 1 aromatic carbocycles. The normalized spacial score (nSPS) is 12.7. The molecule has 28 heavy (non-hydrogen) atoms. The van der Waals surface area contributed by atoms with Crippen molar-refractivity contribution in [3.05, 3.63) is 47.8 Å². The minimum atomic E-state index is -1.11. The van der Waals surface area contributed by atoms with Crippen LogP contribution in [-0.4, -0.2) is 50.1 Å². The summed E-state index contributed by atoms with van der Waals surface area (Å²) in [5.74, 6) is -3.06. The Morgan fingerprint density at radius 3 is 2.32 bits per heavy atom. The van der Waals surface area contributed by atoms with E-state index in [1.807, 2.05) is 0 Å². The van der Waals surface area contributed by atoms with Gasteiger partial charge in [-0.1, -0.05) is 24.3 Å². The minimum Gasteiger partial charge on any atom is -0.467 e. The summed E-state index contributed by atoms with van der Waals surface area (Å²) in [6.07, 6.45) is 2.30. The molecule has 8 nitrogen and oxygen atoms in total. The highest BCUT2D eigenvalue weighted by molar-refractivity contribution is 5.90. The lowest BCUT2D eigenvalue weighted by Crippen LogP contribution is -2.52. The highest BCUT2D eigenvalue weighted by Gasteiger charge is 2.27. The number of nitrogens with one attached hydrogen (secondary N) is 2. The SMILES string of the molecule is COC(=O)/C=C/C[C@H](NC(=O)[C@@H](Cc1ccccc1F)NC(C)=O)C(=O)OC. The number of ether oxygens (including phenoxy) is 2. The predicted molar refractivity (Wildman–Crippen MR) is 97.4 cm³/mol. The monoisotopic (exact) mass is 394 g/mol. The van der Waals surface area contributed by atoms with Crippen molar-refractivity contribution in [3.63, 3.8) is 0 Å². The average molecular weight is 394 g/mol. The van der Waals surface area contributed by atoms with Crippen LogP contribution in [-0.2, 0) is 35.1 Å². The van der Waals surface area contributed by atoms with Crippen molar-refractivity contribution in [2.75, 3.05) is 14.2 Å². The van der Waals surface area contributed by atoms with E-state index in [0.717, 1.165) is 13.2 Å². The molecule has 0 heterocycles. The first-order valence-corrected chi connectivity index (χ1v) is 8.41. The molecule has 0 fully saturated rings. The Balaban J connectivity index is 2.93. The van der Waals surface area contributed by atoms with Crippen molar-refractivity contribution in [2.24, 2.45) is 0 Å². The number of hydrogen-bond acceptors (Lipinski definition) is 6. The lowest BCUT2D eigenvalue weighted by molar-refractivity contribution is -0.145. The third kappa shape index (κ3) is 7.56. The molecule has 0 bridgehead atoms. The number of benzene rings is 1. The van der Waals surface area contributed by atoms with E-state index in [-0.39, 0.29) is 18.4 Å². The molecule has 0 saturated heterocycles. The Kier molecular flexibility index (Phi) is 9.35. The van der Waals surface area contributed by atoms with Gasteiger partial charge in [-0.2, -0.15) is 0 Å². The van der Waals surface area contributed by atoms with Crippen molar-refractivity contribution in [1.29, 1.82) is 0 Å². The number of halogens is 1. The van der Waals surface area contributed by atoms with Crippen LogP contribution in [0.5, 0.6) is 0 Å². The minimum absolute atomic E-state index is 0.0417. The number of carbonyl (C=O) groups excluding carboxylic acids is 4. The van der Waals surface area contributed by atoms with E-state index in [1.165, 1.54) is 38.3 Å². The van der Waals surface area contributed by atoms with Gasteiger partial charge in [0.2, 0.25) is 11.8 Å². The highest BCUT2D eigenvalue weighted by Crippen LogP contribution is 2.10. The number of hydrogen-bond donors (Lipinski definition) is 2. The second-order valence-corrected chi connectivity index (χ2v) is 5.79. The molecule has 0 radical (unpaired) electrons. The number of rotatable bonds is 9. The molecule has 1 aromatic rings.